The van der Waals surface area contributed by atoms with Crippen molar-refractivity contribution in [2.75, 3.05) is 45.2 Å². The largest absolute Gasteiger partial charge is 0.455 e. The monoisotopic (exact) mass is 582 g/mol. The van der Waals surface area contributed by atoms with Gasteiger partial charge in [0.2, 0.25) is 5.91 Å². The Kier molecular flexibility index (Phi) is 9.44. The third-order valence-corrected chi connectivity index (χ3v) is 8.10. The van der Waals surface area contributed by atoms with Crippen LogP contribution in [0.5, 0.6) is 11.5 Å². The predicted molar refractivity (Wildman–Crippen MR) is 166 cm³/mol. The van der Waals surface area contributed by atoms with E-state index in [2.05, 4.69) is 31.1 Å². The van der Waals surface area contributed by atoms with Crippen LogP contribution in [0.25, 0.3) is 10.2 Å². The van der Waals surface area contributed by atoms with E-state index < -0.39 is 0 Å². The number of nitrogens with zero attached hydrogens (tertiary/aromatic N) is 5. The number of amides is 1. The molecular formula is C32H34N6O3S. The lowest BCUT2D eigenvalue weighted by Crippen LogP contribution is -2.34. The molecular weight excluding hydrogens is 548 g/mol. The van der Waals surface area contributed by atoms with Gasteiger partial charge in [-0.15, -0.1) is 17.8 Å². The summed E-state index contributed by atoms with van der Waals surface area (Å²) < 4.78 is 11.3. The van der Waals surface area contributed by atoms with E-state index in [1.807, 2.05) is 62.2 Å². The molecule has 0 bridgehead atoms. The molecule has 0 atom stereocenters. The minimum atomic E-state index is 0.0127. The molecule has 42 heavy (non-hydrogen) atoms. The molecule has 1 aromatic carbocycles. The highest BCUT2D eigenvalue weighted by molar-refractivity contribution is 7.19. The number of carbonyl (C=O) groups excluding carboxylic acids is 1. The molecule has 4 heterocycles. The molecule has 216 valence electrons. The van der Waals surface area contributed by atoms with Crippen molar-refractivity contribution in [1.82, 2.24) is 24.8 Å². The Morgan fingerprint density at radius 3 is 2.90 bits per heavy atom. The zero-order valence-corrected chi connectivity index (χ0v) is 24.9. The number of pyridine rings is 1. The van der Waals surface area contributed by atoms with E-state index in [1.54, 1.807) is 29.9 Å². The number of ether oxygens (including phenoxy) is 2. The summed E-state index contributed by atoms with van der Waals surface area (Å²) in [5.74, 6) is 4.70. The van der Waals surface area contributed by atoms with Gasteiger partial charge in [0.05, 0.1) is 24.7 Å². The number of rotatable bonds is 11. The molecule has 0 saturated carbocycles. The van der Waals surface area contributed by atoms with Crippen molar-refractivity contribution in [3.63, 3.8) is 0 Å². The van der Waals surface area contributed by atoms with Gasteiger partial charge in [0.25, 0.3) is 0 Å². The Morgan fingerprint density at radius 1 is 1.24 bits per heavy atom. The van der Waals surface area contributed by atoms with Crippen molar-refractivity contribution in [2.24, 2.45) is 0 Å². The van der Waals surface area contributed by atoms with Crippen LogP contribution in [0, 0.1) is 26.2 Å². The number of aryl methyl sites for hydroxylation is 2. The second-order valence-corrected chi connectivity index (χ2v) is 11.3. The number of aromatic nitrogens is 3. The average Bonchev–Trinajstić information content (AvgIpc) is 3.36. The van der Waals surface area contributed by atoms with Gasteiger partial charge in [-0.05, 0) is 68.8 Å². The quantitative estimate of drug-likeness (QED) is 0.145. The van der Waals surface area contributed by atoms with Crippen LogP contribution in [0.1, 0.15) is 21.7 Å². The molecule has 0 radical (unpaired) electrons. The smallest absolute Gasteiger partial charge is 0.246 e. The molecule has 0 unspecified atom stereocenters. The fourth-order valence-electron chi connectivity index (χ4n) is 4.71. The van der Waals surface area contributed by atoms with Crippen LogP contribution in [-0.4, -0.2) is 70.6 Å². The second kappa shape index (κ2) is 13.6. The Bertz CT molecular complexity index is 1630. The van der Waals surface area contributed by atoms with Crippen LogP contribution >= 0.6 is 11.3 Å². The van der Waals surface area contributed by atoms with Gasteiger partial charge in [-0.3, -0.25) is 9.78 Å². The topological polar surface area (TPSA) is 92.7 Å². The van der Waals surface area contributed by atoms with Crippen molar-refractivity contribution >= 4 is 39.0 Å². The van der Waals surface area contributed by atoms with Gasteiger partial charge >= 0.3 is 0 Å². The molecule has 1 N–H and O–H groups in total. The van der Waals surface area contributed by atoms with Crippen molar-refractivity contribution in [2.45, 2.75) is 26.8 Å². The van der Waals surface area contributed by atoms with Gasteiger partial charge in [0.15, 0.2) is 0 Å². The third kappa shape index (κ3) is 7.12. The highest BCUT2D eigenvalue weighted by Crippen LogP contribution is 2.38. The number of benzene rings is 1. The number of carbonyl (C=O) groups is 1. The van der Waals surface area contributed by atoms with Gasteiger partial charge < -0.3 is 24.6 Å². The summed E-state index contributed by atoms with van der Waals surface area (Å²) in [7, 11) is 1.98. The van der Waals surface area contributed by atoms with Gasteiger partial charge in [0.1, 0.15) is 35.1 Å². The Morgan fingerprint density at radius 2 is 2.12 bits per heavy atom. The fourth-order valence-corrected chi connectivity index (χ4v) is 5.92. The standard InChI is InChI=1S/C32H34N6O3S/c1-5-16-40-17-15-37(4)13-6-7-29(39)38-14-12-26-28(20-38)42-32-30(26)31(34-21-35-32)36-24-9-11-27(22(2)18-24)41-25-10-8-23(3)33-19-25/h1,6-11,18-19,21H,12-17,20H2,2-4H3,(H,34,35,36)/b7-6+. The predicted octanol–water partition coefficient (Wildman–Crippen LogP) is 5.26. The van der Waals surface area contributed by atoms with Crippen LogP contribution in [0.2, 0.25) is 0 Å². The van der Waals surface area contributed by atoms with E-state index in [9.17, 15) is 4.79 Å². The lowest BCUT2D eigenvalue weighted by atomic mass is 10.0. The van der Waals surface area contributed by atoms with E-state index >= 15 is 0 Å². The first kappa shape index (κ1) is 29.2. The molecule has 0 fully saturated rings. The molecule has 10 heteroatoms. The van der Waals surface area contributed by atoms with E-state index in [1.165, 1.54) is 5.56 Å². The Hall–Kier alpha value is -4.30. The van der Waals surface area contributed by atoms with Gasteiger partial charge in [-0.25, -0.2) is 9.97 Å². The SMILES string of the molecule is C#CCOCCN(C)C/C=C/C(=O)N1CCc2c(sc3ncnc(Nc4ccc(Oc5ccc(C)nc5)c(C)c4)c23)C1. The lowest BCUT2D eigenvalue weighted by molar-refractivity contribution is -0.126. The van der Waals surface area contributed by atoms with Crippen LogP contribution in [0.15, 0.2) is 55.0 Å². The minimum absolute atomic E-state index is 0.0127. The summed E-state index contributed by atoms with van der Waals surface area (Å²) in [6, 6.07) is 9.80. The molecule has 0 aliphatic carbocycles. The molecule has 1 aliphatic rings. The third-order valence-electron chi connectivity index (χ3n) is 6.98. The normalized spacial score (nSPS) is 13.0. The van der Waals surface area contributed by atoms with Crippen molar-refractivity contribution in [3.8, 4) is 23.8 Å². The maximum atomic E-state index is 12.9. The molecule has 1 amide bonds. The summed E-state index contributed by atoms with van der Waals surface area (Å²) >= 11 is 1.62. The van der Waals surface area contributed by atoms with E-state index in [-0.39, 0.29) is 5.91 Å². The number of fused-ring (bicyclic) bond motifs is 3. The lowest BCUT2D eigenvalue weighted by Gasteiger charge is -2.26. The first-order chi connectivity index (χ1) is 20.4. The molecule has 3 aromatic heterocycles. The zero-order valence-electron chi connectivity index (χ0n) is 24.1. The van der Waals surface area contributed by atoms with Crippen LogP contribution in [-0.2, 0) is 22.5 Å². The number of hydrogen-bond acceptors (Lipinski definition) is 9. The highest BCUT2D eigenvalue weighted by Gasteiger charge is 2.25. The summed E-state index contributed by atoms with van der Waals surface area (Å²) in [6.45, 7) is 7.45. The molecule has 1 aliphatic heterocycles. The van der Waals surface area contributed by atoms with E-state index in [0.717, 1.165) is 56.6 Å². The summed E-state index contributed by atoms with van der Waals surface area (Å²) in [6.07, 6.45) is 12.8. The van der Waals surface area contributed by atoms with Gasteiger partial charge in [0, 0.05) is 42.0 Å². The summed E-state index contributed by atoms with van der Waals surface area (Å²) in [5, 5.41) is 4.51. The Labute approximate surface area is 250 Å². The minimum Gasteiger partial charge on any atom is -0.455 e. The number of thiophene rings is 1. The fraction of sp³-hybridized carbons (Fsp3) is 0.312. The van der Waals surface area contributed by atoms with E-state index in [0.29, 0.717) is 38.6 Å². The first-order valence-electron chi connectivity index (χ1n) is 13.8. The van der Waals surface area contributed by atoms with Crippen LogP contribution in [0.4, 0.5) is 11.5 Å². The number of nitrogens with one attached hydrogen (secondary N) is 1. The molecule has 9 nitrogen and oxygen atoms in total. The summed E-state index contributed by atoms with van der Waals surface area (Å²) in [4.78, 5) is 32.4. The van der Waals surface area contributed by atoms with E-state index in [4.69, 9.17) is 15.9 Å². The van der Waals surface area contributed by atoms with Crippen LogP contribution < -0.4 is 10.1 Å². The number of anilines is 2. The molecule has 5 rings (SSSR count). The maximum Gasteiger partial charge on any atom is 0.246 e. The number of terminal acetylenes is 1. The van der Waals surface area contributed by atoms with Crippen molar-refractivity contribution < 1.29 is 14.3 Å². The zero-order chi connectivity index (χ0) is 29.5. The highest BCUT2D eigenvalue weighted by atomic mass is 32.1. The van der Waals surface area contributed by atoms with Crippen molar-refractivity contribution in [3.05, 3.63) is 76.7 Å². The van der Waals surface area contributed by atoms with Crippen molar-refractivity contribution in [1.29, 1.82) is 0 Å². The molecule has 0 saturated heterocycles. The van der Waals surface area contributed by atoms with Gasteiger partial charge in [-0.1, -0.05) is 12.0 Å². The first-order valence-corrected chi connectivity index (χ1v) is 14.6. The number of hydrogen-bond donors (Lipinski definition) is 1. The number of likely N-dealkylation sites (N-methyl/N-ethyl adjacent to an activating group) is 1. The summed E-state index contributed by atoms with van der Waals surface area (Å²) in [5.41, 5.74) is 4.05. The maximum absolute atomic E-state index is 12.9. The molecule has 4 aromatic rings. The van der Waals surface area contributed by atoms with Gasteiger partial charge in [-0.2, -0.15) is 0 Å². The second-order valence-electron chi connectivity index (χ2n) is 10.2. The molecule has 0 spiro atoms. The Balaban J connectivity index is 1.24. The average molecular weight is 583 g/mol. The van der Waals surface area contributed by atoms with Crippen LogP contribution in [0.3, 0.4) is 0 Å².